The molecular formula is C18H20N6O3. The number of ether oxygens (including phenoxy) is 2. The molecular weight excluding hydrogens is 348 g/mol. The summed E-state index contributed by atoms with van der Waals surface area (Å²) >= 11 is 0. The molecule has 1 unspecified atom stereocenters. The average molecular weight is 368 g/mol. The predicted molar refractivity (Wildman–Crippen MR) is 98.2 cm³/mol. The van der Waals surface area contributed by atoms with Gasteiger partial charge in [-0.3, -0.25) is 0 Å². The van der Waals surface area contributed by atoms with Crippen LogP contribution in [-0.4, -0.2) is 47.5 Å². The van der Waals surface area contributed by atoms with E-state index in [2.05, 4.69) is 26.7 Å². The first-order valence-corrected chi connectivity index (χ1v) is 8.88. The van der Waals surface area contributed by atoms with Crippen molar-refractivity contribution in [3.8, 4) is 6.07 Å². The van der Waals surface area contributed by atoms with Gasteiger partial charge in [0.15, 0.2) is 0 Å². The number of hydrogen-bond donors (Lipinski definition) is 3. The molecule has 2 aliphatic rings. The third kappa shape index (κ3) is 3.85. The van der Waals surface area contributed by atoms with Gasteiger partial charge in [-0.05, 0) is 18.6 Å². The molecule has 1 aliphatic heterocycles. The van der Waals surface area contributed by atoms with Gasteiger partial charge in [-0.15, -0.1) is 0 Å². The second-order valence-corrected chi connectivity index (χ2v) is 6.83. The fraction of sp³-hybridized carbons (Fsp3) is 0.444. The van der Waals surface area contributed by atoms with Crippen molar-refractivity contribution in [2.45, 2.75) is 37.5 Å². The van der Waals surface area contributed by atoms with E-state index in [1.807, 2.05) is 6.07 Å². The van der Waals surface area contributed by atoms with Crippen molar-refractivity contribution >= 4 is 28.5 Å². The topological polar surface area (TPSA) is 135 Å². The van der Waals surface area contributed by atoms with E-state index in [0.717, 1.165) is 23.8 Å². The van der Waals surface area contributed by atoms with Gasteiger partial charge in [-0.2, -0.15) is 5.26 Å². The number of hydrogen-bond acceptors (Lipinski definition) is 8. The number of nitrogens with one attached hydrogen (secondary N) is 2. The van der Waals surface area contributed by atoms with Crippen LogP contribution in [0.2, 0.25) is 0 Å². The fourth-order valence-corrected chi connectivity index (χ4v) is 3.39. The molecule has 1 amide bonds. The van der Waals surface area contributed by atoms with Crippen LogP contribution in [0.5, 0.6) is 0 Å². The van der Waals surface area contributed by atoms with E-state index in [9.17, 15) is 10.1 Å². The molecule has 0 bridgehead atoms. The minimum Gasteiger partial charge on any atom is -0.446 e. The number of anilines is 2. The summed E-state index contributed by atoms with van der Waals surface area (Å²) < 4.78 is 10.4. The van der Waals surface area contributed by atoms with Crippen LogP contribution in [-0.2, 0) is 9.47 Å². The summed E-state index contributed by atoms with van der Waals surface area (Å²) in [5.41, 5.74) is 5.38. The van der Waals surface area contributed by atoms with Crippen molar-refractivity contribution in [1.29, 1.82) is 5.26 Å². The van der Waals surface area contributed by atoms with Gasteiger partial charge in [-0.25, -0.2) is 14.8 Å². The van der Waals surface area contributed by atoms with Crippen molar-refractivity contribution in [2.75, 3.05) is 23.8 Å². The zero-order valence-corrected chi connectivity index (χ0v) is 14.6. The van der Waals surface area contributed by atoms with Gasteiger partial charge in [0, 0.05) is 42.5 Å². The molecule has 1 saturated heterocycles. The molecule has 3 heterocycles. The number of amides is 1. The quantitative estimate of drug-likeness (QED) is 0.726. The number of nitriles is 1. The molecule has 0 aromatic carbocycles. The Morgan fingerprint density at radius 3 is 2.89 bits per heavy atom. The van der Waals surface area contributed by atoms with E-state index in [4.69, 9.17) is 15.2 Å². The highest BCUT2D eigenvalue weighted by molar-refractivity contribution is 5.93. The summed E-state index contributed by atoms with van der Waals surface area (Å²) in [6.07, 6.45) is 3.14. The number of carbonyl (C=O) groups is 1. The maximum absolute atomic E-state index is 10.8. The molecule has 9 nitrogen and oxygen atoms in total. The number of primary amides is 1. The van der Waals surface area contributed by atoms with Crippen molar-refractivity contribution in [3.05, 3.63) is 24.0 Å². The maximum Gasteiger partial charge on any atom is 0.404 e. The molecule has 0 radical (unpaired) electrons. The SMILES string of the molecule is N#Cc1cc2cnc(NC3CC(OC(N)=O)C3)cc2c(NC2CCOC2)n1. The van der Waals surface area contributed by atoms with Crippen LogP contribution in [0.25, 0.3) is 10.8 Å². The van der Waals surface area contributed by atoms with Gasteiger partial charge >= 0.3 is 6.09 Å². The predicted octanol–water partition coefficient (Wildman–Crippen LogP) is 1.74. The van der Waals surface area contributed by atoms with Crippen LogP contribution >= 0.6 is 0 Å². The maximum atomic E-state index is 10.8. The standard InChI is InChI=1S/C18H20N6O3/c19-7-13-3-10-8-21-16(22-12-4-14(5-12)27-18(20)25)6-15(10)17(24-13)23-11-1-2-26-9-11/h3,6,8,11-12,14H,1-2,4-5,9H2,(H2,20,25)(H,21,22)(H,23,24). The summed E-state index contributed by atoms with van der Waals surface area (Å²) in [7, 11) is 0. The van der Waals surface area contributed by atoms with Crippen LogP contribution in [0.4, 0.5) is 16.4 Å². The average Bonchev–Trinajstić information content (AvgIpc) is 3.12. The van der Waals surface area contributed by atoms with E-state index < -0.39 is 6.09 Å². The molecule has 2 fully saturated rings. The van der Waals surface area contributed by atoms with E-state index in [1.54, 1.807) is 12.3 Å². The van der Waals surface area contributed by atoms with Gasteiger partial charge < -0.3 is 25.8 Å². The van der Waals surface area contributed by atoms with Crippen molar-refractivity contribution in [3.63, 3.8) is 0 Å². The molecule has 4 rings (SSSR count). The zero-order chi connectivity index (χ0) is 18.8. The summed E-state index contributed by atoms with van der Waals surface area (Å²) in [5, 5.41) is 17.7. The van der Waals surface area contributed by atoms with Gasteiger partial charge in [0.2, 0.25) is 0 Å². The first kappa shape index (κ1) is 17.3. The Labute approximate surface area is 155 Å². The molecule has 1 aliphatic carbocycles. The Kier molecular flexibility index (Phi) is 4.64. The van der Waals surface area contributed by atoms with Gasteiger partial charge in [0.1, 0.15) is 29.5 Å². The van der Waals surface area contributed by atoms with Gasteiger partial charge in [0.05, 0.1) is 12.6 Å². The lowest BCUT2D eigenvalue weighted by atomic mass is 9.89. The molecule has 27 heavy (non-hydrogen) atoms. The lowest BCUT2D eigenvalue weighted by molar-refractivity contribution is 0.0517. The largest absolute Gasteiger partial charge is 0.446 e. The van der Waals surface area contributed by atoms with E-state index in [0.29, 0.717) is 36.8 Å². The molecule has 140 valence electrons. The summed E-state index contributed by atoms with van der Waals surface area (Å²) in [6.45, 7) is 1.34. The summed E-state index contributed by atoms with van der Waals surface area (Å²) in [5.74, 6) is 1.37. The van der Waals surface area contributed by atoms with Gasteiger partial charge in [0.25, 0.3) is 0 Å². The Hall–Kier alpha value is -3.12. The minimum absolute atomic E-state index is 0.139. The third-order valence-corrected chi connectivity index (χ3v) is 4.83. The van der Waals surface area contributed by atoms with Crippen molar-refractivity contribution < 1.29 is 14.3 Å². The summed E-state index contributed by atoms with van der Waals surface area (Å²) in [4.78, 5) is 19.6. The monoisotopic (exact) mass is 368 g/mol. The summed E-state index contributed by atoms with van der Waals surface area (Å²) in [6, 6.07) is 6.09. The molecule has 9 heteroatoms. The first-order chi connectivity index (χ1) is 13.1. The van der Waals surface area contributed by atoms with Crippen LogP contribution in [0.15, 0.2) is 18.3 Å². The van der Waals surface area contributed by atoms with Gasteiger partial charge in [-0.1, -0.05) is 0 Å². The van der Waals surface area contributed by atoms with Crippen molar-refractivity contribution in [2.24, 2.45) is 5.73 Å². The minimum atomic E-state index is -0.742. The van der Waals surface area contributed by atoms with Crippen LogP contribution < -0.4 is 16.4 Å². The second-order valence-electron chi connectivity index (χ2n) is 6.83. The lowest BCUT2D eigenvalue weighted by Gasteiger charge is -2.34. The Bertz CT molecular complexity index is 900. The van der Waals surface area contributed by atoms with E-state index in [-0.39, 0.29) is 18.2 Å². The van der Waals surface area contributed by atoms with E-state index in [1.165, 1.54) is 0 Å². The number of aromatic nitrogens is 2. The molecule has 1 atom stereocenters. The number of rotatable bonds is 5. The zero-order valence-electron chi connectivity index (χ0n) is 14.6. The second kappa shape index (κ2) is 7.25. The molecule has 4 N–H and O–H groups in total. The third-order valence-electron chi connectivity index (χ3n) is 4.83. The highest BCUT2D eigenvalue weighted by atomic mass is 16.6. The van der Waals surface area contributed by atoms with Crippen LogP contribution in [0.3, 0.4) is 0 Å². The molecule has 2 aromatic heterocycles. The number of carbonyl (C=O) groups excluding carboxylic acids is 1. The number of fused-ring (bicyclic) bond motifs is 1. The number of nitrogens with two attached hydrogens (primary N) is 1. The first-order valence-electron chi connectivity index (χ1n) is 8.88. The smallest absolute Gasteiger partial charge is 0.404 e. The molecule has 1 saturated carbocycles. The Morgan fingerprint density at radius 1 is 1.33 bits per heavy atom. The number of pyridine rings is 2. The number of nitrogens with zero attached hydrogens (tertiary/aromatic N) is 3. The fourth-order valence-electron chi connectivity index (χ4n) is 3.39. The molecule has 2 aromatic rings. The van der Waals surface area contributed by atoms with Crippen LogP contribution in [0.1, 0.15) is 25.0 Å². The normalized spacial score (nSPS) is 24.0. The Balaban J connectivity index is 1.53. The Morgan fingerprint density at radius 2 is 2.19 bits per heavy atom. The molecule has 0 spiro atoms. The lowest BCUT2D eigenvalue weighted by Crippen LogP contribution is -2.42. The van der Waals surface area contributed by atoms with Crippen molar-refractivity contribution in [1.82, 2.24) is 9.97 Å². The van der Waals surface area contributed by atoms with E-state index >= 15 is 0 Å². The highest BCUT2D eigenvalue weighted by Crippen LogP contribution is 2.29. The van der Waals surface area contributed by atoms with Crippen LogP contribution in [0, 0.1) is 11.3 Å². The highest BCUT2D eigenvalue weighted by Gasteiger charge is 2.32.